The molecule has 3 aromatic heterocycles. The van der Waals surface area contributed by atoms with E-state index in [1.807, 2.05) is 40.7 Å². The van der Waals surface area contributed by atoms with E-state index in [-0.39, 0.29) is 54.1 Å². The van der Waals surface area contributed by atoms with Crippen molar-refractivity contribution in [3.8, 4) is 11.3 Å². The first-order valence-electron chi connectivity index (χ1n) is 13.7. The van der Waals surface area contributed by atoms with Gasteiger partial charge in [0.15, 0.2) is 5.65 Å². The van der Waals surface area contributed by atoms with Gasteiger partial charge < -0.3 is 19.6 Å². The number of halogens is 1. The van der Waals surface area contributed by atoms with E-state index in [1.54, 1.807) is 27.7 Å². The quantitative estimate of drug-likeness (QED) is 0.323. The number of benzene rings is 1. The van der Waals surface area contributed by atoms with Crippen molar-refractivity contribution < 1.29 is 28.3 Å². The summed E-state index contributed by atoms with van der Waals surface area (Å²) in [6.45, 7) is 11.8. The summed E-state index contributed by atoms with van der Waals surface area (Å²) in [5.41, 5.74) is 1.78. The van der Waals surface area contributed by atoms with Crippen molar-refractivity contribution in [2.75, 3.05) is 19.6 Å². The van der Waals surface area contributed by atoms with Gasteiger partial charge in [0, 0.05) is 30.8 Å². The highest BCUT2D eigenvalue weighted by molar-refractivity contribution is 7.50. The van der Waals surface area contributed by atoms with Gasteiger partial charge in [0.25, 0.3) is 11.8 Å². The van der Waals surface area contributed by atoms with Crippen LogP contribution in [0.15, 0.2) is 36.5 Å². The van der Waals surface area contributed by atoms with Crippen LogP contribution in [0.25, 0.3) is 16.9 Å². The van der Waals surface area contributed by atoms with Crippen LogP contribution in [0.3, 0.4) is 0 Å². The van der Waals surface area contributed by atoms with Crippen molar-refractivity contribution in [2.45, 2.75) is 58.8 Å². The molecule has 1 aromatic carbocycles. The third kappa shape index (κ3) is 6.22. The number of rotatable bonds is 5. The Morgan fingerprint density at radius 3 is 2.33 bits per heavy atom. The molecule has 1 saturated heterocycles. The van der Waals surface area contributed by atoms with Gasteiger partial charge in [-0.1, -0.05) is 20.8 Å². The topological polar surface area (TPSA) is 159 Å². The summed E-state index contributed by atoms with van der Waals surface area (Å²) in [4.78, 5) is 58.0. The van der Waals surface area contributed by atoms with Gasteiger partial charge in [0.05, 0.1) is 17.4 Å². The van der Waals surface area contributed by atoms with Crippen LogP contribution >= 0.6 is 7.60 Å². The van der Waals surface area contributed by atoms with Crippen LogP contribution in [0.2, 0.25) is 0 Å². The number of nitrogens with zero attached hydrogens (tertiary/aromatic N) is 8. The predicted molar refractivity (Wildman–Crippen MR) is 155 cm³/mol. The van der Waals surface area contributed by atoms with Crippen LogP contribution in [0.1, 0.15) is 67.1 Å². The molecule has 5 rings (SSSR count). The molecule has 1 aliphatic heterocycles. The number of fused-ring (bicyclic) bond motifs is 1. The minimum atomic E-state index is -4.51. The molecule has 4 aromatic rings. The molecule has 0 unspecified atom stereocenters. The molecule has 0 saturated carbocycles. The van der Waals surface area contributed by atoms with Crippen molar-refractivity contribution in [1.29, 1.82) is 0 Å². The van der Waals surface area contributed by atoms with Crippen molar-refractivity contribution >= 4 is 25.1 Å². The summed E-state index contributed by atoms with van der Waals surface area (Å²) in [6.07, 6.45) is 0.818. The zero-order valence-electron chi connectivity index (χ0n) is 24.8. The molecule has 0 radical (unpaired) electrons. The fraction of sp³-hybridized carbons (Fsp3) is 0.429. The molecule has 1 aliphatic rings. The number of hydrogen-bond donors (Lipinski definition) is 2. The SMILES string of the molecule is Cc1nc(C(=O)N2CCN(C(=O)c3cn4nc(-c5ccc(F)cc5)cc(C(C)(C)C)c4n3)C(C)(C)C2)n(CP(=O)(O)O)n1. The zero-order chi connectivity index (χ0) is 31.5. The number of hydrogen-bond acceptors (Lipinski definition) is 7. The van der Waals surface area contributed by atoms with Gasteiger partial charge in [0.2, 0.25) is 5.82 Å². The maximum Gasteiger partial charge on any atom is 0.346 e. The molecule has 0 aliphatic carbocycles. The lowest BCUT2D eigenvalue weighted by Crippen LogP contribution is -2.62. The van der Waals surface area contributed by atoms with Gasteiger partial charge >= 0.3 is 7.60 Å². The first-order chi connectivity index (χ1) is 19.9. The summed E-state index contributed by atoms with van der Waals surface area (Å²) < 4.78 is 27.6. The van der Waals surface area contributed by atoms with Crippen LogP contribution in [0.4, 0.5) is 4.39 Å². The van der Waals surface area contributed by atoms with Crippen LogP contribution in [0, 0.1) is 12.7 Å². The fourth-order valence-corrected chi connectivity index (χ4v) is 5.81. The number of piperazine rings is 1. The summed E-state index contributed by atoms with van der Waals surface area (Å²) in [7, 11) is -4.51. The lowest BCUT2D eigenvalue weighted by molar-refractivity contribution is 0.0158. The molecular weight excluding hydrogens is 578 g/mol. The van der Waals surface area contributed by atoms with E-state index >= 15 is 0 Å². The highest BCUT2D eigenvalue weighted by atomic mass is 31.2. The van der Waals surface area contributed by atoms with E-state index in [0.29, 0.717) is 11.3 Å². The number of aryl methyl sites for hydroxylation is 1. The lowest BCUT2D eigenvalue weighted by atomic mass is 9.87. The van der Waals surface area contributed by atoms with Crippen molar-refractivity contribution in [3.63, 3.8) is 0 Å². The average Bonchev–Trinajstić information content (AvgIpc) is 3.48. The molecular formula is C28H34FN8O5P. The second-order valence-electron chi connectivity index (χ2n) is 12.4. The Labute approximate surface area is 247 Å². The van der Waals surface area contributed by atoms with E-state index in [2.05, 4.69) is 15.2 Å². The number of carbonyl (C=O) groups excluding carboxylic acids is 2. The van der Waals surface area contributed by atoms with Gasteiger partial charge in [-0.05, 0) is 56.5 Å². The van der Waals surface area contributed by atoms with Gasteiger partial charge in [-0.3, -0.25) is 14.2 Å². The molecule has 43 heavy (non-hydrogen) atoms. The van der Waals surface area contributed by atoms with E-state index in [1.165, 1.54) is 24.0 Å². The molecule has 1 fully saturated rings. The normalized spacial score (nSPS) is 15.7. The van der Waals surface area contributed by atoms with Crippen LogP contribution in [0.5, 0.6) is 0 Å². The molecule has 0 atom stereocenters. The smallest absolute Gasteiger partial charge is 0.332 e. The minimum absolute atomic E-state index is 0.146. The van der Waals surface area contributed by atoms with Crippen LogP contribution in [-0.4, -0.2) is 85.9 Å². The first-order valence-corrected chi connectivity index (χ1v) is 15.5. The Kier molecular flexibility index (Phi) is 7.52. The summed E-state index contributed by atoms with van der Waals surface area (Å²) in [5, 5.41) is 8.65. The molecule has 2 N–H and O–H groups in total. The van der Waals surface area contributed by atoms with Crippen LogP contribution < -0.4 is 0 Å². The largest absolute Gasteiger partial charge is 0.346 e. The van der Waals surface area contributed by atoms with E-state index in [9.17, 15) is 28.3 Å². The average molecular weight is 613 g/mol. The maximum atomic E-state index is 13.9. The molecule has 15 heteroatoms. The second kappa shape index (κ2) is 10.6. The molecule has 13 nitrogen and oxygen atoms in total. The maximum absolute atomic E-state index is 13.9. The highest BCUT2D eigenvalue weighted by Gasteiger charge is 2.41. The number of carbonyl (C=O) groups is 2. The third-order valence-corrected chi connectivity index (χ3v) is 7.95. The number of aromatic nitrogens is 6. The van der Waals surface area contributed by atoms with Crippen LogP contribution in [-0.2, 0) is 16.3 Å². The number of imidazole rings is 1. The lowest BCUT2D eigenvalue weighted by Gasteiger charge is -2.46. The summed E-state index contributed by atoms with van der Waals surface area (Å²) in [5.74, 6) is -1.17. The Balaban J connectivity index is 1.43. The minimum Gasteiger partial charge on any atom is -0.332 e. The van der Waals surface area contributed by atoms with Gasteiger partial charge in [0.1, 0.15) is 23.6 Å². The van der Waals surface area contributed by atoms with E-state index < -0.39 is 25.3 Å². The van der Waals surface area contributed by atoms with Crippen molar-refractivity contribution in [2.24, 2.45) is 0 Å². The predicted octanol–water partition coefficient (Wildman–Crippen LogP) is 3.24. The second-order valence-corrected chi connectivity index (χ2v) is 14.0. The Morgan fingerprint density at radius 2 is 1.72 bits per heavy atom. The monoisotopic (exact) mass is 612 g/mol. The Bertz CT molecular complexity index is 1770. The zero-order valence-corrected chi connectivity index (χ0v) is 25.7. The summed E-state index contributed by atoms with van der Waals surface area (Å²) >= 11 is 0. The molecule has 228 valence electrons. The molecule has 4 heterocycles. The Hall–Kier alpha value is -4.00. The third-order valence-electron chi connectivity index (χ3n) is 7.31. The Morgan fingerprint density at radius 1 is 1.05 bits per heavy atom. The summed E-state index contributed by atoms with van der Waals surface area (Å²) in [6, 6.07) is 7.95. The van der Waals surface area contributed by atoms with Gasteiger partial charge in [-0.2, -0.15) is 10.2 Å². The van der Waals surface area contributed by atoms with E-state index in [0.717, 1.165) is 15.8 Å². The fourth-order valence-electron chi connectivity index (χ4n) is 5.26. The first kappa shape index (κ1) is 30.5. The van der Waals surface area contributed by atoms with Gasteiger partial charge in [-0.15, -0.1) is 0 Å². The highest BCUT2D eigenvalue weighted by Crippen LogP contribution is 2.37. The molecule has 0 bridgehead atoms. The van der Waals surface area contributed by atoms with E-state index in [4.69, 9.17) is 4.98 Å². The van der Waals surface area contributed by atoms with Gasteiger partial charge in [-0.25, -0.2) is 23.6 Å². The van der Waals surface area contributed by atoms with Crippen molar-refractivity contribution in [1.82, 2.24) is 39.2 Å². The number of amides is 2. The molecule has 2 amide bonds. The van der Waals surface area contributed by atoms with Crippen molar-refractivity contribution in [3.05, 3.63) is 65.3 Å². The standard InChI is InChI=1S/C28H34FN8O5P/c1-17-30-24(37(32-17)16-43(40,41)42)26(39)34-11-12-35(28(5,6)15-34)25(38)22-14-36-23(31-22)20(27(2,3)4)13-21(33-36)18-7-9-19(29)10-8-18/h7-10,13-14H,11-12,15-16H2,1-6H3,(H2,40,41,42). The molecule has 0 spiro atoms.